The Morgan fingerprint density at radius 1 is 0.636 bits per heavy atom. The van der Waals surface area contributed by atoms with Gasteiger partial charge in [0, 0.05) is 0 Å². The van der Waals surface area contributed by atoms with E-state index in [4.69, 9.17) is 45.0 Å². The molecule has 0 aromatic carbocycles. The molecule has 132 valence electrons. The van der Waals surface area contributed by atoms with Crippen LogP contribution in [0.2, 0.25) is 0 Å². The zero-order valence-electron chi connectivity index (χ0n) is 12.8. The molecule has 0 atom stereocenters. The normalized spacial score (nSPS) is 51.9. The topological polar surface area (TPSA) is 53.6 Å². The number of nitrogens with zero attached hydrogens (tertiary/aromatic N) is 6. The monoisotopic (exact) mass is 470 g/mol. The fraction of sp³-hybridized carbons (Fsp3) is 1.00. The van der Waals surface area contributed by atoms with Crippen molar-refractivity contribution >= 4 is 71.7 Å². The Bertz CT molecular complexity index is 607. The molecular weight excluding hydrogens is 454 g/mol. The third-order valence-corrected chi connectivity index (χ3v) is 39.0. The van der Waals surface area contributed by atoms with Crippen LogP contribution < -0.4 is 0 Å². The van der Waals surface area contributed by atoms with Crippen molar-refractivity contribution in [2.75, 3.05) is 42.3 Å². The van der Waals surface area contributed by atoms with Crippen molar-refractivity contribution in [1.29, 1.82) is 0 Å². The average Bonchev–Trinajstić information content (AvgIpc) is 2.49. The van der Waals surface area contributed by atoms with Crippen LogP contribution in [0.4, 0.5) is 0 Å². The van der Waals surface area contributed by atoms with E-state index in [1.54, 1.807) is 51.2 Å². The summed E-state index contributed by atoms with van der Waals surface area (Å²) in [5.74, 6) is 0. The predicted octanol–water partition coefficient (Wildman–Crippen LogP) is 5.05. The molecular formula is C6H18Cl4N6O2P4. The molecule has 3 fully saturated rings. The molecule has 0 unspecified atom stereocenters. The second-order valence-electron chi connectivity index (χ2n) is 5.56. The molecule has 0 aromatic rings. The fourth-order valence-electron chi connectivity index (χ4n) is 3.82. The Hall–Kier alpha value is 2.24. The molecule has 16 heteroatoms. The van der Waals surface area contributed by atoms with Crippen LogP contribution in [0, 0.1) is 0 Å². The molecule has 3 saturated heterocycles. The molecule has 8 nitrogen and oxygen atoms in total. The van der Waals surface area contributed by atoms with Gasteiger partial charge in [-0.2, -0.15) is 0 Å². The van der Waals surface area contributed by atoms with Crippen LogP contribution in [-0.4, -0.2) is 68.9 Å². The number of hydrogen-bond donors (Lipinski definition) is 0. The van der Waals surface area contributed by atoms with E-state index in [1.165, 1.54) is 17.8 Å². The van der Waals surface area contributed by atoms with E-state index in [0.29, 0.717) is 0 Å². The van der Waals surface area contributed by atoms with Crippen LogP contribution >= 0.6 is 71.7 Å². The summed E-state index contributed by atoms with van der Waals surface area (Å²) >= 11 is 26.4. The van der Waals surface area contributed by atoms with E-state index >= 15 is 0 Å². The van der Waals surface area contributed by atoms with Gasteiger partial charge in [-0.15, -0.1) is 0 Å². The Kier molecular flexibility index (Phi) is 3.64. The predicted molar refractivity (Wildman–Crippen MR) is 99.0 cm³/mol. The maximum atomic E-state index is 12.5. The number of rotatable bonds is 0. The molecule has 3 aliphatic heterocycles. The first-order chi connectivity index (χ1) is 9.58. The summed E-state index contributed by atoms with van der Waals surface area (Å²) in [6, 6.07) is 0. The average molecular weight is 472 g/mol. The summed E-state index contributed by atoms with van der Waals surface area (Å²) in [6.07, 6.45) is 0. The quantitative estimate of drug-likeness (QED) is 0.455. The summed E-state index contributed by atoms with van der Waals surface area (Å²) in [4.78, 5) is 0. The second kappa shape index (κ2) is 4.21. The molecule has 3 aliphatic rings. The van der Waals surface area contributed by atoms with Crippen LogP contribution in [0.1, 0.15) is 0 Å². The molecule has 0 radical (unpaired) electrons. The zero-order valence-corrected chi connectivity index (χ0v) is 19.4. The van der Waals surface area contributed by atoms with Gasteiger partial charge in [0.2, 0.25) is 0 Å². The van der Waals surface area contributed by atoms with Gasteiger partial charge in [0.25, 0.3) is 0 Å². The van der Waals surface area contributed by atoms with Gasteiger partial charge >= 0.3 is 150 Å². The van der Waals surface area contributed by atoms with Gasteiger partial charge in [0.05, 0.1) is 0 Å². The van der Waals surface area contributed by atoms with E-state index in [-0.39, 0.29) is 0 Å². The minimum atomic E-state index is -3.59. The first-order valence-electron chi connectivity index (χ1n) is 6.12. The van der Waals surface area contributed by atoms with Gasteiger partial charge < -0.3 is 0 Å². The summed E-state index contributed by atoms with van der Waals surface area (Å²) in [5, 5.41) is 0. The molecule has 2 spiro atoms. The van der Waals surface area contributed by atoms with Crippen LogP contribution in [0.5, 0.6) is 0 Å². The van der Waals surface area contributed by atoms with Crippen molar-refractivity contribution in [3.05, 3.63) is 0 Å². The molecule has 0 amide bonds. The van der Waals surface area contributed by atoms with Crippen molar-refractivity contribution in [1.82, 2.24) is 26.6 Å². The Labute approximate surface area is 149 Å². The van der Waals surface area contributed by atoms with Crippen molar-refractivity contribution < 1.29 is 9.13 Å². The van der Waals surface area contributed by atoms with Gasteiger partial charge in [-0.25, -0.2) is 0 Å². The molecule has 0 aromatic heterocycles. The first kappa shape index (κ1) is 19.0. The molecule has 3 heterocycles. The first-order valence-corrected chi connectivity index (χ1v) is 17.1. The molecule has 0 saturated carbocycles. The molecule has 3 rings (SSSR count). The molecule has 22 heavy (non-hydrogen) atoms. The van der Waals surface area contributed by atoms with Crippen molar-refractivity contribution in [3.63, 3.8) is 0 Å². The summed E-state index contributed by atoms with van der Waals surface area (Å²) < 4.78 is 34.6. The number of halogens is 4. The van der Waals surface area contributed by atoms with Crippen molar-refractivity contribution in [3.8, 4) is 0 Å². The zero-order chi connectivity index (χ0) is 17.4. The van der Waals surface area contributed by atoms with Gasteiger partial charge in [-0.05, 0) is 0 Å². The molecule has 0 N–H and O–H groups in total. The molecule has 0 bridgehead atoms. The Balaban J connectivity index is 2.20. The maximum absolute atomic E-state index is 12.5. The van der Waals surface area contributed by atoms with Crippen molar-refractivity contribution in [2.24, 2.45) is 0 Å². The molecule has 0 aliphatic carbocycles. The third kappa shape index (κ3) is 1.23. The van der Waals surface area contributed by atoms with Crippen LogP contribution in [0.3, 0.4) is 0 Å². The van der Waals surface area contributed by atoms with Gasteiger partial charge in [-0.1, -0.05) is 0 Å². The van der Waals surface area contributed by atoms with Crippen LogP contribution in [-0.2, 0) is 9.13 Å². The summed E-state index contributed by atoms with van der Waals surface area (Å²) in [6.45, 7) is -13.6. The van der Waals surface area contributed by atoms with Crippen molar-refractivity contribution in [2.45, 2.75) is 0 Å². The van der Waals surface area contributed by atoms with Crippen LogP contribution in [0.25, 0.3) is 0 Å². The van der Waals surface area contributed by atoms with E-state index in [2.05, 4.69) is 0 Å². The Morgan fingerprint density at radius 2 is 0.818 bits per heavy atom. The van der Waals surface area contributed by atoms with E-state index in [1.807, 2.05) is 0 Å². The fourth-order valence-corrected chi connectivity index (χ4v) is 43.5. The Morgan fingerprint density at radius 3 is 1.00 bits per heavy atom. The standard InChI is InChI=1S/C6H18Cl4N6O2P4/c1-11-19(7,17)12(2)21(11,9)15(5)22(10,16(21)6)13(3)20(8,18)14(22)4/h1-6H3. The van der Waals surface area contributed by atoms with Gasteiger partial charge in [-0.3, -0.25) is 0 Å². The minimum absolute atomic E-state index is 1.50. The summed E-state index contributed by atoms with van der Waals surface area (Å²) in [5.41, 5.74) is 0. The number of hydrogen-bond acceptors (Lipinski definition) is 4. The summed E-state index contributed by atoms with van der Waals surface area (Å²) in [7, 11) is 9.94. The van der Waals surface area contributed by atoms with Gasteiger partial charge in [0.1, 0.15) is 0 Å². The SMILES string of the molecule is CN1P(=O)(Cl)N(C)P12(Cl)N(C)P1(Cl)(N(C)P(=O)(Cl)N1C)N2C. The van der Waals surface area contributed by atoms with E-state index in [9.17, 15) is 9.13 Å². The second-order valence-corrected chi connectivity index (χ2v) is 26.2. The third-order valence-electron chi connectivity index (χ3n) is 5.41. The van der Waals surface area contributed by atoms with E-state index < -0.39 is 26.7 Å². The van der Waals surface area contributed by atoms with Gasteiger partial charge in [0.15, 0.2) is 0 Å². The van der Waals surface area contributed by atoms with E-state index in [0.717, 1.165) is 0 Å². The van der Waals surface area contributed by atoms with Crippen LogP contribution in [0.15, 0.2) is 0 Å².